The summed E-state index contributed by atoms with van der Waals surface area (Å²) in [6, 6.07) is 10.3. The minimum Gasteiger partial charge on any atom is -0.497 e. The van der Waals surface area contributed by atoms with Crippen LogP contribution in [0.2, 0.25) is 0 Å². The van der Waals surface area contributed by atoms with Gasteiger partial charge in [0.15, 0.2) is 0 Å². The van der Waals surface area contributed by atoms with Gasteiger partial charge in [0.2, 0.25) is 15.9 Å². The van der Waals surface area contributed by atoms with Crippen molar-refractivity contribution in [1.29, 1.82) is 0 Å². The third-order valence-corrected chi connectivity index (χ3v) is 9.65. The second-order valence-corrected chi connectivity index (χ2v) is 12.9. The number of fused-ring (bicyclic) bond motifs is 1. The van der Waals surface area contributed by atoms with E-state index < -0.39 is 10.0 Å². The molecule has 1 aliphatic rings. The van der Waals surface area contributed by atoms with Crippen molar-refractivity contribution >= 4 is 21.7 Å². The summed E-state index contributed by atoms with van der Waals surface area (Å²) >= 11 is 0. The van der Waals surface area contributed by atoms with Crippen molar-refractivity contribution in [2.75, 3.05) is 40.8 Å². The van der Waals surface area contributed by atoms with Crippen LogP contribution in [0.5, 0.6) is 5.75 Å². The second-order valence-electron chi connectivity index (χ2n) is 10.9. The van der Waals surface area contributed by atoms with Gasteiger partial charge in [-0.1, -0.05) is 18.2 Å². The molecular weight excluding hydrogens is 514 g/mol. The normalized spacial score (nSPS) is 14.3. The highest BCUT2D eigenvalue weighted by Gasteiger charge is 2.27. The highest BCUT2D eigenvalue weighted by molar-refractivity contribution is 7.89. The molecule has 0 atom stereocenters. The molecule has 214 valence electrons. The fourth-order valence-electron chi connectivity index (χ4n) is 5.21. The monoisotopic (exact) mass is 557 g/mol. The Hall–Kier alpha value is -2.75. The van der Waals surface area contributed by atoms with Crippen LogP contribution in [0.4, 0.5) is 0 Å². The third kappa shape index (κ3) is 7.68. The molecule has 0 aliphatic carbocycles. The molecule has 0 N–H and O–H groups in total. The van der Waals surface area contributed by atoms with E-state index in [4.69, 9.17) is 4.74 Å². The molecule has 0 spiro atoms. The van der Waals surface area contributed by atoms with Gasteiger partial charge < -0.3 is 14.5 Å². The third-order valence-electron chi connectivity index (χ3n) is 7.54. The smallest absolute Gasteiger partial charge is 0.243 e. The maximum atomic E-state index is 13.2. The van der Waals surface area contributed by atoms with Crippen molar-refractivity contribution in [3.8, 4) is 5.75 Å². The van der Waals surface area contributed by atoms with Gasteiger partial charge in [0, 0.05) is 52.6 Å². The zero-order valence-corrected chi connectivity index (χ0v) is 25.2. The molecule has 1 heterocycles. The molecule has 0 unspecified atom stereocenters. The van der Waals surface area contributed by atoms with E-state index in [1.807, 2.05) is 0 Å². The summed E-state index contributed by atoms with van der Waals surface area (Å²) in [4.78, 5) is 29.7. The van der Waals surface area contributed by atoms with Crippen LogP contribution >= 0.6 is 0 Å². The Balaban J connectivity index is 1.54. The lowest BCUT2D eigenvalue weighted by Gasteiger charge is -2.23. The number of Topliss-reactive ketones (excluding diaryl/α,β-unsaturated/α-hetero) is 1. The van der Waals surface area contributed by atoms with Gasteiger partial charge >= 0.3 is 0 Å². The molecule has 0 saturated heterocycles. The first-order valence-corrected chi connectivity index (χ1v) is 15.0. The summed E-state index contributed by atoms with van der Waals surface area (Å²) in [6.45, 7) is 10.1. The predicted molar refractivity (Wildman–Crippen MR) is 154 cm³/mol. The van der Waals surface area contributed by atoms with E-state index in [0.29, 0.717) is 29.5 Å². The Bertz CT molecular complexity index is 1280. The molecule has 0 fully saturated rings. The van der Waals surface area contributed by atoms with Crippen LogP contribution in [0.1, 0.15) is 54.5 Å². The summed E-state index contributed by atoms with van der Waals surface area (Å²) in [5.41, 5.74) is 4.90. The number of ether oxygens (including phenoxy) is 1. The topological polar surface area (TPSA) is 87.2 Å². The van der Waals surface area contributed by atoms with Gasteiger partial charge in [-0.15, -0.1) is 0 Å². The maximum absolute atomic E-state index is 13.2. The van der Waals surface area contributed by atoms with Crippen molar-refractivity contribution < 1.29 is 22.7 Å². The van der Waals surface area contributed by atoms with Crippen LogP contribution < -0.4 is 4.74 Å². The van der Waals surface area contributed by atoms with Crippen molar-refractivity contribution in [1.82, 2.24) is 14.1 Å². The zero-order chi connectivity index (χ0) is 28.9. The molecule has 8 nitrogen and oxygen atoms in total. The molecular formula is C30H43N3O5S. The minimum absolute atomic E-state index is 0.0150. The summed E-state index contributed by atoms with van der Waals surface area (Å²) in [6.07, 6.45) is 2.06. The Morgan fingerprint density at radius 1 is 0.974 bits per heavy atom. The number of hydrogen-bond acceptors (Lipinski definition) is 6. The van der Waals surface area contributed by atoms with E-state index in [-0.39, 0.29) is 36.0 Å². The molecule has 2 aromatic rings. The first-order valence-electron chi connectivity index (χ1n) is 13.6. The van der Waals surface area contributed by atoms with E-state index in [2.05, 4.69) is 36.9 Å². The van der Waals surface area contributed by atoms with Crippen molar-refractivity contribution in [2.45, 2.75) is 70.9 Å². The lowest BCUT2D eigenvalue weighted by molar-refractivity contribution is -0.132. The first kappa shape index (κ1) is 30.8. The minimum atomic E-state index is -3.88. The number of hydrogen-bond donors (Lipinski definition) is 0. The van der Waals surface area contributed by atoms with E-state index in [0.717, 1.165) is 35.8 Å². The van der Waals surface area contributed by atoms with Gasteiger partial charge in [0.05, 0.1) is 18.6 Å². The number of amides is 1. The zero-order valence-electron chi connectivity index (χ0n) is 24.4. The van der Waals surface area contributed by atoms with Crippen LogP contribution in [0.25, 0.3) is 0 Å². The standard InChI is InChI=1S/C30H43N3O5S/c1-21(2)33-14-12-25-9-8-24(18-26(25)13-15-33)19-31(5)29(35)11-10-27(34)20-32(6)39(36,37)30-22(3)16-28(38-7)17-23(30)4/h8-9,16-18,21H,10-15,19-20H2,1-7H3. The summed E-state index contributed by atoms with van der Waals surface area (Å²) in [5, 5.41) is 0. The molecule has 3 rings (SSSR count). The molecule has 1 amide bonds. The van der Waals surface area contributed by atoms with E-state index >= 15 is 0 Å². The number of likely N-dealkylation sites (N-methyl/N-ethyl adjacent to an activating group) is 1. The van der Waals surface area contributed by atoms with Crippen molar-refractivity contribution in [2.24, 2.45) is 0 Å². The van der Waals surface area contributed by atoms with Gasteiger partial charge in [-0.2, -0.15) is 4.31 Å². The Morgan fingerprint density at radius 2 is 1.59 bits per heavy atom. The molecule has 0 bridgehead atoms. The predicted octanol–water partition coefficient (Wildman–Crippen LogP) is 3.75. The summed E-state index contributed by atoms with van der Waals surface area (Å²) in [7, 11) is 0.785. The number of aryl methyl sites for hydroxylation is 2. The first-order chi connectivity index (χ1) is 18.3. The SMILES string of the molecule is COc1cc(C)c(S(=O)(=O)N(C)CC(=O)CCC(=O)N(C)Cc2ccc3c(c2)CCN(C(C)C)CC3)c(C)c1. The van der Waals surface area contributed by atoms with E-state index in [9.17, 15) is 18.0 Å². The quantitative estimate of drug-likeness (QED) is 0.418. The second kappa shape index (κ2) is 13.1. The van der Waals surface area contributed by atoms with Crippen molar-refractivity contribution in [3.05, 3.63) is 58.1 Å². The fourth-order valence-corrected chi connectivity index (χ4v) is 6.77. The largest absolute Gasteiger partial charge is 0.497 e. The molecule has 2 aromatic carbocycles. The number of sulfonamides is 1. The van der Waals surface area contributed by atoms with Crippen LogP contribution in [0.3, 0.4) is 0 Å². The lowest BCUT2D eigenvalue weighted by Crippen LogP contribution is -2.34. The van der Waals surface area contributed by atoms with Crippen molar-refractivity contribution in [3.63, 3.8) is 0 Å². The lowest BCUT2D eigenvalue weighted by atomic mass is 10.00. The number of benzene rings is 2. The van der Waals surface area contributed by atoms with Crippen LogP contribution in [0.15, 0.2) is 35.2 Å². The van der Waals surface area contributed by atoms with Crippen LogP contribution in [-0.4, -0.2) is 81.1 Å². The molecule has 0 radical (unpaired) electrons. The highest BCUT2D eigenvalue weighted by Crippen LogP contribution is 2.28. The number of carbonyl (C=O) groups is 2. The Kier molecular flexibility index (Phi) is 10.3. The summed E-state index contributed by atoms with van der Waals surface area (Å²) in [5.74, 6) is 0.136. The fraction of sp³-hybridized carbons (Fsp3) is 0.533. The average molecular weight is 558 g/mol. The number of ketones is 1. The van der Waals surface area contributed by atoms with Gasteiger partial charge in [-0.05, 0) is 80.5 Å². The van der Waals surface area contributed by atoms with Gasteiger partial charge in [0.25, 0.3) is 0 Å². The molecule has 0 saturated carbocycles. The molecule has 0 aromatic heterocycles. The maximum Gasteiger partial charge on any atom is 0.243 e. The van der Waals surface area contributed by atoms with E-state index in [1.165, 1.54) is 25.3 Å². The number of rotatable bonds is 11. The van der Waals surface area contributed by atoms with Gasteiger partial charge in [0.1, 0.15) is 11.5 Å². The van der Waals surface area contributed by atoms with Crippen LogP contribution in [0, 0.1) is 13.8 Å². The molecule has 9 heteroatoms. The van der Waals surface area contributed by atoms with Gasteiger partial charge in [-0.3, -0.25) is 9.59 Å². The Morgan fingerprint density at radius 3 is 2.18 bits per heavy atom. The highest BCUT2D eigenvalue weighted by atomic mass is 32.2. The Labute approximate surface area is 234 Å². The number of carbonyl (C=O) groups excluding carboxylic acids is 2. The summed E-state index contributed by atoms with van der Waals surface area (Å²) < 4.78 is 32.7. The number of nitrogens with zero attached hydrogens (tertiary/aromatic N) is 3. The van der Waals surface area contributed by atoms with Gasteiger partial charge in [-0.25, -0.2) is 8.42 Å². The molecule has 1 aliphatic heterocycles. The molecule has 39 heavy (non-hydrogen) atoms. The van der Waals surface area contributed by atoms with Crippen LogP contribution in [-0.2, 0) is 39.0 Å². The number of methoxy groups -OCH3 is 1. The van der Waals surface area contributed by atoms with E-state index in [1.54, 1.807) is 37.9 Å². The average Bonchev–Trinajstić information content (AvgIpc) is 3.09.